The summed E-state index contributed by atoms with van der Waals surface area (Å²) in [6.07, 6.45) is 11.9. The first-order valence-corrected chi connectivity index (χ1v) is 7.18. The van der Waals surface area contributed by atoms with Crippen LogP contribution in [0.15, 0.2) is 11.6 Å². The van der Waals surface area contributed by atoms with Crippen LogP contribution in [0.5, 0.6) is 0 Å². The van der Waals surface area contributed by atoms with Gasteiger partial charge in [-0.1, -0.05) is 12.8 Å². The number of thiazole rings is 1. The third-order valence-electron chi connectivity index (χ3n) is 4.54. The van der Waals surface area contributed by atoms with Crippen LogP contribution in [0.3, 0.4) is 0 Å². The number of nitrogens with zero attached hydrogens (tertiary/aromatic N) is 2. The lowest BCUT2D eigenvalue weighted by molar-refractivity contribution is 0.250. The summed E-state index contributed by atoms with van der Waals surface area (Å²) in [4.78, 5) is 5.94. The zero-order valence-electron chi connectivity index (χ0n) is 9.41. The highest BCUT2D eigenvalue weighted by Crippen LogP contribution is 2.47. The number of rotatable bonds is 0. The first kappa shape index (κ1) is 9.23. The smallest absolute Gasteiger partial charge is 0.194 e. The second-order valence-electron chi connectivity index (χ2n) is 5.44. The van der Waals surface area contributed by atoms with Gasteiger partial charge < -0.3 is 0 Å². The molecule has 0 atom stereocenters. The molecule has 1 saturated carbocycles. The lowest BCUT2D eigenvalue weighted by Crippen LogP contribution is -2.26. The SMILES string of the molecule is c1cn2c3c(nc2s1)CCC1(CCCC1)C3. The summed E-state index contributed by atoms with van der Waals surface area (Å²) in [6.45, 7) is 0. The highest BCUT2D eigenvalue weighted by atomic mass is 32.1. The van der Waals surface area contributed by atoms with E-state index in [0.29, 0.717) is 5.41 Å². The van der Waals surface area contributed by atoms with Crippen molar-refractivity contribution in [2.75, 3.05) is 0 Å². The van der Waals surface area contributed by atoms with Gasteiger partial charge in [-0.3, -0.25) is 4.40 Å². The zero-order chi connectivity index (χ0) is 10.6. The molecule has 4 rings (SSSR count). The Morgan fingerprint density at radius 1 is 1.25 bits per heavy atom. The first-order chi connectivity index (χ1) is 7.86. The predicted octanol–water partition coefficient (Wildman–Crippen LogP) is 3.44. The summed E-state index contributed by atoms with van der Waals surface area (Å²) in [5, 5.41) is 2.15. The average molecular weight is 232 g/mol. The molecular formula is C13H16N2S. The summed E-state index contributed by atoms with van der Waals surface area (Å²) in [7, 11) is 0. The molecule has 1 fully saturated rings. The maximum atomic E-state index is 4.75. The highest BCUT2D eigenvalue weighted by molar-refractivity contribution is 7.15. The van der Waals surface area contributed by atoms with E-state index in [0.717, 1.165) is 0 Å². The van der Waals surface area contributed by atoms with Crippen LogP contribution in [0.1, 0.15) is 43.5 Å². The van der Waals surface area contributed by atoms with E-state index in [1.807, 2.05) is 0 Å². The largest absolute Gasteiger partial charge is 0.294 e. The van der Waals surface area contributed by atoms with Crippen molar-refractivity contribution < 1.29 is 0 Å². The molecule has 0 aromatic carbocycles. The van der Waals surface area contributed by atoms with Gasteiger partial charge in [-0.25, -0.2) is 4.98 Å². The second-order valence-corrected chi connectivity index (χ2v) is 6.32. The quantitative estimate of drug-likeness (QED) is 0.680. The van der Waals surface area contributed by atoms with Crippen molar-refractivity contribution in [3.8, 4) is 0 Å². The van der Waals surface area contributed by atoms with Crippen molar-refractivity contribution >= 4 is 16.3 Å². The van der Waals surface area contributed by atoms with Gasteiger partial charge in [0, 0.05) is 17.3 Å². The lowest BCUT2D eigenvalue weighted by atomic mass is 9.73. The molecule has 0 amide bonds. The average Bonchev–Trinajstić information content (AvgIpc) is 2.95. The Kier molecular flexibility index (Phi) is 1.79. The third-order valence-corrected chi connectivity index (χ3v) is 5.30. The summed E-state index contributed by atoms with van der Waals surface area (Å²) >= 11 is 1.76. The van der Waals surface area contributed by atoms with Crippen LogP contribution in [-0.4, -0.2) is 9.38 Å². The van der Waals surface area contributed by atoms with Crippen molar-refractivity contribution in [3.05, 3.63) is 23.0 Å². The molecule has 2 nitrogen and oxygen atoms in total. The van der Waals surface area contributed by atoms with Gasteiger partial charge in [-0.15, -0.1) is 11.3 Å². The van der Waals surface area contributed by atoms with Gasteiger partial charge in [-0.05, 0) is 37.5 Å². The lowest BCUT2D eigenvalue weighted by Gasteiger charge is -2.32. The molecule has 16 heavy (non-hydrogen) atoms. The fourth-order valence-electron chi connectivity index (χ4n) is 3.64. The molecule has 3 heteroatoms. The number of hydrogen-bond donors (Lipinski definition) is 0. The molecule has 0 bridgehead atoms. The van der Waals surface area contributed by atoms with Crippen LogP contribution >= 0.6 is 11.3 Å². The van der Waals surface area contributed by atoms with E-state index in [9.17, 15) is 0 Å². The van der Waals surface area contributed by atoms with Crippen molar-refractivity contribution in [2.24, 2.45) is 5.41 Å². The number of fused-ring (bicyclic) bond motifs is 3. The fourth-order valence-corrected chi connectivity index (χ4v) is 4.40. The molecule has 0 unspecified atom stereocenters. The van der Waals surface area contributed by atoms with Gasteiger partial charge in [0.25, 0.3) is 0 Å². The first-order valence-electron chi connectivity index (χ1n) is 6.30. The molecule has 0 saturated heterocycles. The van der Waals surface area contributed by atoms with Crippen LogP contribution in [-0.2, 0) is 12.8 Å². The summed E-state index contributed by atoms with van der Waals surface area (Å²) in [6, 6.07) is 0. The Morgan fingerprint density at radius 2 is 2.12 bits per heavy atom. The Balaban J connectivity index is 1.84. The molecule has 2 aromatic rings. The summed E-state index contributed by atoms with van der Waals surface area (Å²) in [5.74, 6) is 0. The van der Waals surface area contributed by atoms with E-state index in [1.165, 1.54) is 61.3 Å². The fraction of sp³-hybridized carbons (Fsp3) is 0.615. The van der Waals surface area contributed by atoms with E-state index >= 15 is 0 Å². The zero-order valence-corrected chi connectivity index (χ0v) is 10.2. The Bertz CT molecular complexity index is 531. The summed E-state index contributed by atoms with van der Waals surface area (Å²) in [5.41, 5.74) is 3.54. The third kappa shape index (κ3) is 1.15. The van der Waals surface area contributed by atoms with Gasteiger partial charge >= 0.3 is 0 Å². The number of imidazole rings is 1. The Hall–Kier alpha value is -0.830. The van der Waals surface area contributed by atoms with E-state index in [-0.39, 0.29) is 0 Å². The number of aryl methyl sites for hydroxylation is 1. The topological polar surface area (TPSA) is 17.3 Å². The standard InChI is InChI=1S/C13H16N2S/c1-2-5-13(4-1)6-3-10-11(9-13)15-7-8-16-12(15)14-10/h7-8H,1-6,9H2. The molecule has 2 aliphatic carbocycles. The van der Waals surface area contributed by atoms with Crippen molar-refractivity contribution in [3.63, 3.8) is 0 Å². The molecule has 0 radical (unpaired) electrons. The van der Waals surface area contributed by atoms with E-state index < -0.39 is 0 Å². The molecular weight excluding hydrogens is 216 g/mol. The molecule has 2 aromatic heterocycles. The highest BCUT2D eigenvalue weighted by Gasteiger charge is 2.38. The molecule has 2 aliphatic rings. The van der Waals surface area contributed by atoms with Crippen LogP contribution in [0.4, 0.5) is 0 Å². The Labute approximate surface area is 99.3 Å². The number of hydrogen-bond acceptors (Lipinski definition) is 2. The van der Waals surface area contributed by atoms with E-state index in [4.69, 9.17) is 4.98 Å². The van der Waals surface area contributed by atoms with Gasteiger partial charge in [0.15, 0.2) is 4.96 Å². The van der Waals surface area contributed by atoms with E-state index in [2.05, 4.69) is 16.0 Å². The van der Waals surface area contributed by atoms with E-state index in [1.54, 1.807) is 11.3 Å². The molecule has 1 spiro atoms. The molecule has 0 aliphatic heterocycles. The second kappa shape index (κ2) is 3.10. The summed E-state index contributed by atoms with van der Waals surface area (Å²) < 4.78 is 2.33. The molecule has 0 N–H and O–H groups in total. The van der Waals surface area contributed by atoms with Crippen LogP contribution in [0, 0.1) is 5.41 Å². The minimum Gasteiger partial charge on any atom is -0.294 e. The molecule has 84 valence electrons. The molecule has 2 heterocycles. The van der Waals surface area contributed by atoms with Crippen LogP contribution in [0.2, 0.25) is 0 Å². The van der Waals surface area contributed by atoms with Crippen molar-refractivity contribution in [2.45, 2.75) is 44.9 Å². The van der Waals surface area contributed by atoms with Crippen molar-refractivity contribution in [1.29, 1.82) is 0 Å². The Morgan fingerprint density at radius 3 is 3.00 bits per heavy atom. The predicted molar refractivity (Wildman–Crippen MR) is 66.0 cm³/mol. The van der Waals surface area contributed by atoms with Gasteiger partial charge in [0.1, 0.15) is 0 Å². The van der Waals surface area contributed by atoms with Gasteiger partial charge in [0.05, 0.1) is 5.69 Å². The van der Waals surface area contributed by atoms with Crippen LogP contribution in [0.25, 0.3) is 4.96 Å². The normalized spacial score (nSPS) is 23.0. The maximum absolute atomic E-state index is 4.75. The monoisotopic (exact) mass is 232 g/mol. The van der Waals surface area contributed by atoms with Crippen LogP contribution < -0.4 is 0 Å². The maximum Gasteiger partial charge on any atom is 0.194 e. The minimum atomic E-state index is 0.644. The number of aromatic nitrogens is 2. The van der Waals surface area contributed by atoms with Gasteiger partial charge in [0.2, 0.25) is 0 Å². The van der Waals surface area contributed by atoms with Crippen molar-refractivity contribution in [1.82, 2.24) is 9.38 Å². The van der Waals surface area contributed by atoms with Gasteiger partial charge in [-0.2, -0.15) is 0 Å². The minimum absolute atomic E-state index is 0.644.